The summed E-state index contributed by atoms with van der Waals surface area (Å²) in [7, 11) is 3.16. The zero-order chi connectivity index (χ0) is 21.0. The zero-order valence-electron chi connectivity index (χ0n) is 16.3. The van der Waals surface area contributed by atoms with Gasteiger partial charge in [0, 0.05) is 19.0 Å². The van der Waals surface area contributed by atoms with Gasteiger partial charge in [0.25, 0.3) is 5.56 Å². The first-order chi connectivity index (χ1) is 13.9. The van der Waals surface area contributed by atoms with Crippen LogP contribution in [-0.4, -0.2) is 41.6 Å². The van der Waals surface area contributed by atoms with Crippen LogP contribution in [0.15, 0.2) is 53.3 Å². The fourth-order valence-corrected chi connectivity index (χ4v) is 3.15. The number of likely N-dealkylation sites (N-methyl/N-ethyl adjacent to an activating group) is 1. The molecule has 2 N–H and O–H groups in total. The Balaban J connectivity index is 1.62. The van der Waals surface area contributed by atoms with E-state index in [1.54, 1.807) is 50.6 Å². The van der Waals surface area contributed by atoms with Crippen LogP contribution in [-0.2, 0) is 11.2 Å². The van der Waals surface area contributed by atoms with Gasteiger partial charge in [-0.15, -0.1) is 0 Å². The van der Waals surface area contributed by atoms with Crippen molar-refractivity contribution in [2.75, 3.05) is 20.7 Å². The molecular weight excluding hydrogens is 375 g/mol. The lowest BCUT2D eigenvalue weighted by molar-refractivity contribution is -0.131. The SMILES string of the molecule is COc1cccc(C(O)CN(C)C(=O)CCc2cc3ccc(F)cc3[nH]c2=O)c1. The van der Waals surface area contributed by atoms with Crippen molar-refractivity contribution in [1.82, 2.24) is 9.88 Å². The molecule has 0 aliphatic heterocycles. The summed E-state index contributed by atoms with van der Waals surface area (Å²) >= 11 is 0. The minimum atomic E-state index is -0.849. The number of aryl methyl sites for hydroxylation is 1. The van der Waals surface area contributed by atoms with Crippen LogP contribution in [0, 0.1) is 5.82 Å². The molecule has 6 nitrogen and oxygen atoms in total. The van der Waals surface area contributed by atoms with Crippen LogP contribution in [0.4, 0.5) is 4.39 Å². The zero-order valence-corrected chi connectivity index (χ0v) is 16.3. The maximum Gasteiger partial charge on any atom is 0.251 e. The number of nitrogens with one attached hydrogen (secondary N) is 1. The van der Waals surface area contributed by atoms with Crippen LogP contribution >= 0.6 is 0 Å². The number of hydrogen-bond acceptors (Lipinski definition) is 4. The number of aliphatic hydroxyl groups excluding tert-OH is 1. The monoisotopic (exact) mass is 398 g/mol. The molecule has 0 radical (unpaired) electrons. The third kappa shape index (κ3) is 5.00. The number of aromatic amines is 1. The molecule has 1 aromatic heterocycles. The van der Waals surface area contributed by atoms with Crippen LogP contribution < -0.4 is 10.3 Å². The average molecular weight is 398 g/mol. The van der Waals surface area contributed by atoms with Crippen molar-refractivity contribution in [1.29, 1.82) is 0 Å². The van der Waals surface area contributed by atoms with E-state index >= 15 is 0 Å². The second kappa shape index (κ2) is 8.87. The van der Waals surface area contributed by atoms with Gasteiger partial charge < -0.3 is 19.7 Å². The number of ether oxygens (including phenoxy) is 1. The Labute approximate surface area is 167 Å². The van der Waals surface area contributed by atoms with Gasteiger partial charge >= 0.3 is 0 Å². The molecule has 0 bridgehead atoms. The second-order valence-corrected chi connectivity index (χ2v) is 6.92. The van der Waals surface area contributed by atoms with Crippen LogP contribution in [0.1, 0.15) is 23.7 Å². The standard InChI is InChI=1S/C22H23FN2O4/c1-25(13-20(26)15-4-3-5-18(11-15)29-2)21(27)9-7-16-10-14-6-8-17(23)12-19(14)24-22(16)28/h3-6,8,10-12,20,26H,7,9,13H2,1-2H3,(H,24,28). The number of nitrogens with zero attached hydrogens (tertiary/aromatic N) is 1. The van der Waals surface area contributed by atoms with Gasteiger partial charge in [-0.25, -0.2) is 4.39 Å². The normalized spacial score (nSPS) is 12.0. The summed E-state index contributed by atoms with van der Waals surface area (Å²) < 4.78 is 18.4. The van der Waals surface area contributed by atoms with Gasteiger partial charge in [0.2, 0.25) is 5.91 Å². The summed E-state index contributed by atoms with van der Waals surface area (Å²) in [6.07, 6.45) is -0.476. The number of aromatic nitrogens is 1. The Bertz CT molecular complexity index is 1080. The van der Waals surface area contributed by atoms with Crippen molar-refractivity contribution >= 4 is 16.8 Å². The highest BCUT2D eigenvalue weighted by molar-refractivity contribution is 5.79. The maximum atomic E-state index is 13.3. The third-order valence-electron chi connectivity index (χ3n) is 4.84. The fraction of sp³-hybridized carbons (Fsp3) is 0.273. The van der Waals surface area contributed by atoms with Gasteiger partial charge in [-0.3, -0.25) is 9.59 Å². The molecule has 3 rings (SSSR count). The number of aliphatic hydroxyl groups is 1. The highest BCUT2D eigenvalue weighted by atomic mass is 19.1. The molecule has 2 aromatic carbocycles. The number of carbonyl (C=O) groups is 1. The number of methoxy groups -OCH3 is 1. The number of fused-ring (bicyclic) bond motifs is 1. The molecule has 0 saturated heterocycles. The third-order valence-corrected chi connectivity index (χ3v) is 4.84. The van der Waals surface area contributed by atoms with Crippen molar-refractivity contribution in [3.8, 4) is 5.75 Å². The number of H-pyrrole nitrogens is 1. The van der Waals surface area contributed by atoms with Gasteiger partial charge in [0.15, 0.2) is 0 Å². The highest BCUT2D eigenvalue weighted by Gasteiger charge is 2.16. The van der Waals surface area contributed by atoms with Crippen molar-refractivity contribution in [3.63, 3.8) is 0 Å². The van der Waals surface area contributed by atoms with Gasteiger partial charge in [0.05, 0.1) is 25.3 Å². The van der Waals surface area contributed by atoms with Gasteiger partial charge in [-0.05, 0) is 53.8 Å². The minimum absolute atomic E-state index is 0.122. The molecule has 1 amide bonds. The Morgan fingerprint density at radius 2 is 2.03 bits per heavy atom. The summed E-state index contributed by atoms with van der Waals surface area (Å²) in [6.45, 7) is 0.124. The molecule has 29 heavy (non-hydrogen) atoms. The average Bonchev–Trinajstić information content (AvgIpc) is 2.71. The number of halogens is 1. The summed E-state index contributed by atoms with van der Waals surface area (Å²) in [5.41, 5.74) is 1.19. The summed E-state index contributed by atoms with van der Waals surface area (Å²) in [5.74, 6) is 0.0174. The van der Waals surface area contributed by atoms with E-state index in [0.29, 0.717) is 27.8 Å². The Morgan fingerprint density at radius 1 is 1.24 bits per heavy atom. The van der Waals surface area contributed by atoms with E-state index in [0.717, 1.165) is 0 Å². The second-order valence-electron chi connectivity index (χ2n) is 6.92. The van der Waals surface area contributed by atoms with Crippen molar-refractivity contribution in [2.24, 2.45) is 0 Å². The first-order valence-corrected chi connectivity index (χ1v) is 9.25. The molecule has 0 spiro atoms. The van der Waals surface area contributed by atoms with E-state index in [9.17, 15) is 19.1 Å². The molecule has 1 unspecified atom stereocenters. The van der Waals surface area contributed by atoms with E-state index in [2.05, 4.69) is 4.98 Å². The predicted octanol–water partition coefficient (Wildman–Crippen LogP) is 2.80. The Morgan fingerprint density at radius 3 is 2.79 bits per heavy atom. The Kier molecular flexibility index (Phi) is 6.29. The first-order valence-electron chi connectivity index (χ1n) is 9.25. The van der Waals surface area contributed by atoms with E-state index in [1.165, 1.54) is 17.0 Å². The molecule has 1 heterocycles. The van der Waals surface area contributed by atoms with Gasteiger partial charge in [-0.1, -0.05) is 12.1 Å². The largest absolute Gasteiger partial charge is 0.497 e. The number of hydrogen-bond donors (Lipinski definition) is 2. The van der Waals surface area contributed by atoms with E-state index in [-0.39, 0.29) is 30.9 Å². The predicted molar refractivity (Wildman–Crippen MR) is 108 cm³/mol. The van der Waals surface area contributed by atoms with E-state index in [4.69, 9.17) is 4.74 Å². The van der Waals surface area contributed by atoms with Crippen molar-refractivity contribution in [2.45, 2.75) is 18.9 Å². The smallest absolute Gasteiger partial charge is 0.251 e. The van der Waals surface area contributed by atoms with E-state index < -0.39 is 11.9 Å². The quantitative estimate of drug-likeness (QED) is 0.641. The number of carbonyl (C=O) groups excluding carboxylic acids is 1. The number of amides is 1. The summed E-state index contributed by atoms with van der Waals surface area (Å²) in [6, 6.07) is 12.9. The molecule has 0 fully saturated rings. The molecule has 7 heteroatoms. The Hall–Kier alpha value is -3.19. The van der Waals surface area contributed by atoms with Gasteiger partial charge in [0.1, 0.15) is 11.6 Å². The van der Waals surface area contributed by atoms with Crippen molar-refractivity contribution in [3.05, 3.63) is 75.8 Å². The van der Waals surface area contributed by atoms with Gasteiger partial charge in [-0.2, -0.15) is 0 Å². The lowest BCUT2D eigenvalue weighted by atomic mass is 10.1. The number of benzene rings is 2. The van der Waals surface area contributed by atoms with Crippen LogP contribution in [0.25, 0.3) is 10.9 Å². The molecule has 152 valence electrons. The molecule has 0 saturated carbocycles. The molecule has 3 aromatic rings. The molecular formula is C22H23FN2O4. The van der Waals surface area contributed by atoms with Crippen LogP contribution in [0.2, 0.25) is 0 Å². The minimum Gasteiger partial charge on any atom is -0.497 e. The van der Waals surface area contributed by atoms with E-state index in [1.807, 2.05) is 0 Å². The number of rotatable bonds is 7. The van der Waals surface area contributed by atoms with Crippen molar-refractivity contribution < 1.29 is 19.0 Å². The lowest BCUT2D eigenvalue weighted by Crippen LogP contribution is -2.31. The molecule has 0 aliphatic carbocycles. The lowest BCUT2D eigenvalue weighted by Gasteiger charge is -2.21. The maximum absolute atomic E-state index is 13.3. The fourth-order valence-electron chi connectivity index (χ4n) is 3.15. The number of pyridine rings is 1. The molecule has 1 atom stereocenters. The topological polar surface area (TPSA) is 82.6 Å². The van der Waals surface area contributed by atoms with Crippen LogP contribution in [0.3, 0.4) is 0 Å². The first kappa shape index (κ1) is 20.5. The summed E-state index contributed by atoms with van der Waals surface area (Å²) in [4.78, 5) is 28.7. The van der Waals surface area contributed by atoms with Crippen LogP contribution in [0.5, 0.6) is 5.75 Å². The highest BCUT2D eigenvalue weighted by Crippen LogP contribution is 2.20. The molecule has 0 aliphatic rings. The summed E-state index contributed by atoms with van der Waals surface area (Å²) in [5, 5.41) is 11.1.